The van der Waals surface area contributed by atoms with Crippen LogP contribution in [-0.4, -0.2) is 49.7 Å². The Labute approximate surface area is 175 Å². The summed E-state index contributed by atoms with van der Waals surface area (Å²) in [6.45, 7) is 8.98. The zero-order valence-corrected chi connectivity index (χ0v) is 19.0. The van der Waals surface area contributed by atoms with Crippen LogP contribution in [0.15, 0.2) is 39.7 Å². The van der Waals surface area contributed by atoms with Gasteiger partial charge in [0.2, 0.25) is 10.0 Å². The molecule has 0 aromatic heterocycles. The Morgan fingerprint density at radius 3 is 1.89 bits per heavy atom. The summed E-state index contributed by atoms with van der Waals surface area (Å²) in [5.41, 5.74) is 4.17. The molecule has 3 rings (SSSR count). The molecular weight excluding hydrogens is 440 g/mol. The van der Waals surface area contributed by atoms with Gasteiger partial charge in [-0.1, -0.05) is 22.0 Å². The van der Waals surface area contributed by atoms with Gasteiger partial charge in [0.1, 0.15) is 0 Å². The fourth-order valence-electron chi connectivity index (χ4n) is 3.60. The molecule has 28 heavy (non-hydrogen) atoms. The van der Waals surface area contributed by atoms with E-state index in [0.29, 0.717) is 36.6 Å². The Kier molecular flexibility index (Phi) is 5.98. The highest BCUT2D eigenvalue weighted by Gasteiger charge is 2.33. The first kappa shape index (κ1) is 21.0. The SMILES string of the molecule is Cc1cc(C)c(C)c(S(=O)(=O)N2CCN(C(=O)c3ccc(Br)cc3)CC2)c1C. The third kappa shape index (κ3) is 3.88. The maximum Gasteiger partial charge on any atom is 0.253 e. The zero-order valence-electron chi connectivity index (χ0n) is 16.6. The van der Waals surface area contributed by atoms with Crippen molar-refractivity contribution in [3.05, 3.63) is 62.6 Å². The van der Waals surface area contributed by atoms with E-state index in [1.54, 1.807) is 17.0 Å². The van der Waals surface area contributed by atoms with Crippen LogP contribution in [0.2, 0.25) is 0 Å². The molecule has 0 N–H and O–H groups in total. The molecule has 0 atom stereocenters. The van der Waals surface area contributed by atoms with Crippen LogP contribution in [0, 0.1) is 27.7 Å². The number of carbonyl (C=O) groups is 1. The first-order valence-corrected chi connectivity index (χ1v) is 11.5. The normalized spacial score (nSPS) is 15.7. The fourth-order valence-corrected chi connectivity index (χ4v) is 5.87. The van der Waals surface area contributed by atoms with Gasteiger partial charge in [-0.25, -0.2) is 8.42 Å². The van der Waals surface area contributed by atoms with Crippen molar-refractivity contribution in [2.45, 2.75) is 32.6 Å². The molecule has 0 aliphatic carbocycles. The maximum absolute atomic E-state index is 13.3. The highest BCUT2D eigenvalue weighted by atomic mass is 79.9. The molecule has 150 valence electrons. The molecule has 0 spiro atoms. The molecule has 1 heterocycles. The molecule has 0 saturated carbocycles. The summed E-state index contributed by atoms with van der Waals surface area (Å²) in [4.78, 5) is 14.8. The molecule has 1 fully saturated rings. The molecule has 1 saturated heterocycles. The lowest BCUT2D eigenvalue weighted by atomic mass is 10.0. The Bertz CT molecular complexity index is 983. The number of hydrogen-bond donors (Lipinski definition) is 0. The van der Waals surface area contributed by atoms with Crippen LogP contribution in [0.4, 0.5) is 0 Å². The number of nitrogens with zero attached hydrogens (tertiary/aromatic N) is 2. The van der Waals surface area contributed by atoms with Gasteiger partial charge in [0.25, 0.3) is 5.91 Å². The highest BCUT2D eigenvalue weighted by Crippen LogP contribution is 2.29. The van der Waals surface area contributed by atoms with Crippen LogP contribution < -0.4 is 0 Å². The lowest BCUT2D eigenvalue weighted by Gasteiger charge is -2.35. The van der Waals surface area contributed by atoms with Gasteiger partial charge in [-0.05, 0) is 74.2 Å². The molecule has 1 aliphatic rings. The number of benzene rings is 2. The van der Waals surface area contributed by atoms with Crippen molar-refractivity contribution < 1.29 is 13.2 Å². The van der Waals surface area contributed by atoms with Crippen molar-refractivity contribution in [2.75, 3.05) is 26.2 Å². The summed E-state index contributed by atoms with van der Waals surface area (Å²) in [7, 11) is -3.60. The van der Waals surface area contributed by atoms with Crippen LogP contribution >= 0.6 is 15.9 Å². The summed E-state index contributed by atoms with van der Waals surface area (Å²) < 4.78 is 29.1. The average Bonchev–Trinajstić information content (AvgIpc) is 2.66. The Morgan fingerprint density at radius 2 is 1.39 bits per heavy atom. The number of amides is 1. The molecule has 1 aliphatic heterocycles. The van der Waals surface area contributed by atoms with Crippen molar-refractivity contribution >= 4 is 31.9 Å². The molecule has 5 nitrogen and oxygen atoms in total. The quantitative estimate of drug-likeness (QED) is 0.693. The van der Waals surface area contributed by atoms with Crippen molar-refractivity contribution in [3.63, 3.8) is 0 Å². The first-order chi connectivity index (χ1) is 13.1. The highest BCUT2D eigenvalue weighted by molar-refractivity contribution is 9.10. The molecule has 2 aromatic carbocycles. The minimum atomic E-state index is -3.60. The lowest BCUT2D eigenvalue weighted by Crippen LogP contribution is -2.50. The summed E-state index contributed by atoms with van der Waals surface area (Å²) in [6.07, 6.45) is 0. The Morgan fingerprint density at radius 1 is 0.893 bits per heavy atom. The fraction of sp³-hybridized carbons (Fsp3) is 0.381. The van der Waals surface area contributed by atoms with E-state index in [1.807, 2.05) is 45.9 Å². The van der Waals surface area contributed by atoms with E-state index in [2.05, 4.69) is 15.9 Å². The summed E-state index contributed by atoms with van der Waals surface area (Å²) in [5, 5.41) is 0. The molecule has 0 bridgehead atoms. The van der Waals surface area contributed by atoms with Gasteiger partial charge in [-0.15, -0.1) is 0 Å². The number of halogens is 1. The van der Waals surface area contributed by atoms with Crippen LogP contribution in [0.25, 0.3) is 0 Å². The smallest absolute Gasteiger partial charge is 0.253 e. The second-order valence-corrected chi connectivity index (χ2v) is 10.1. The second kappa shape index (κ2) is 7.97. The third-order valence-corrected chi connectivity index (χ3v) is 8.21. The Hall–Kier alpha value is -1.70. The minimum absolute atomic E-state index is 0.0664. The van der Waals surface area contributed by atoms with E-state index in [-0.39, 0.29) is 5.91 Å². The predicted molar refractivity (Wildman–Crippen MR) is 114 cm³/mol. The lowest BCUT2D eigenvalue weighted by molar-refractivity contribution is 0.0698. The van der Waals surface area contributed by atoms with E-state index in [9.17, 15) is 13.2 Å². The van der Waals surface area contributed by atoms with Crippen molar-refractivity contribution in [1.82, 2.24) is 9.21 Å². The largest absolute Gasteiger partial charge is 0.336 e. The second-order valence-electron chi connectivity index (χ2n) is 7.29. The predicted octanol–water partition coefficient (Wildman–Crippen LogP) is 3.83. The van der Waals surface area contributed by atoms with Crippen LogP contribution in [0.1, 0.15) is 32.6 Å². The maximum atomic E-state index is 13.3. The van der Waals surface area contributed by atoms with Crippen molar-refractivity contribution in [1.29, 1.82) is 0 Å². The zero-order chi connectivity index (χ0) is 20.6. The van der Waals surface area contributed by atoms with Gasteiger partial charge in [0.15, 0.2) is 0 Å². The standard InChI is InChI=1S/C21H25BrN2O3S/c1-14-13-15(2)17(4)20(16(14)3)28(26,27)24-11-9-23(10-12-24)21(25)18-5-7-19(22)8-6-18/h5-8,13H,9-12H2,1-4H3. The number of rotatable bonds is 3. The van der Waals surface area contributed by atoms with Crippen LogP contribution in [0.5, 0.6) is 0 Å². The summed E-state index contributed by atoms with van der Waals surface area (Å²) in [6, 6.07) is 9.24. The summed E-state index contributed by atoms with van der Waals surface area (Å²) >= 11 is 3.37. The van der Waals surface area contributed by atoms with E-state index in [4.69, 9.17) is 0 Å². The van der Waals surface area contributed by atoms with Gasteiger partial charge in [0, 0.05) is 36.2 Å². The van der Waals surface area contributed by atoms with Crippen molar-refractivity contribution in [2.24, 2.45) is 0 Å². The molecule has 0 radical (unpaired) electrons. The van der Waals surface area contributed by atoms with E-state index in [1.165, 1.54) is 4.31 Å². The molecule has 7 heteroatoms. The van der Waals surface area contributed by atoms with Gasteiger partial charge in [-0.2, -0.15) is 4.31 Å². The molecule has 1 amide bonds. The topological polar surface area (TPSA) is 57.7 Å². The number of piperazine rings is 1. The summed E-state index contributed by atoms with van der Waals surface area (Å²) in [5.74, 6) is -0.0664. The van der Waals surface area contributed by atoms with E-state index >= 15 is 0 Å². The average molecular weight is 465 g/mol. The van der Waals surface area contributed by atoms with Gasteiger partial charge < -0.3 is 4.90 Å². The van der Waals surface area contributed by atoms with Crippen molar-refractivity contribution in [3.8, 4) is 0 Å². The van der Waals surface area contributed by atoms with Crippen LogP contribution in [0.3, 0.4) is 0 Å². The third-order valence-electron chi connectivity index (χ3n) is 5.51. The van der Waals surface area contributed by atoms with Crippen LogP contribution in [-0.2, 0) is 10.0 Å². The number of sulfonamides is 1. The first-order valence-electron chi connectivity index (χ1n) is 9.25. The van der Waals surface area contributed by atoms with Gasteiger partial charge >= 0.3 is 0 Å². The van der Waals surface area contributed by atoms with E-state index < -0.39 is 10.0 Å². The number of carbonyl (C=O) groups excluding carboxylic acids is 1. The Balaban J connectivity index is 1.79. The molecule has 2 aromatic rings. The number of aryl methyl sites for hydroxylation is 2. The monoisotopic (exact) mass is 464 g/mol. The molecule has 0 unspecified atom stereocenters. The van der Waals surface area contributed by atoms with Gasteiger partial charge in [0.05, 0.1) is 4.90 Å². The molecular formula is C21H25BrN2O3S. The van der Waals surface area contributed by atoms with E-state index in [0.717, 1.165) is 26.7 Å². The van der Waals surface area contributed by atoms with Gasteiger partial charge in [-0.3, -0.25) is 4.79 Å². The minimum Gasteiger partial charge on any atom is -0.336 e. The number of hydrogen-bond acceptors (Lipinski definition) is 3.